The maximum absolute atomic E-state index is 12.3. The van der Waals surface area contributed by atoms with Crippen molar-refractivity contribution in [1.29, 1.82) is 0 Å². The summed E-state index contributed by atoms with van der Waals surface area (Å²) in [5.41, 5.74) is -0.261. The fraction of sp³-hybridized carbons (Fsp3) is 0.810. The second-order valence-electron chi connectivity index (χ2n) is 9.41. The van der Waals surface area contributed by atoms with E-state index >= 15 is 0 Å². The lowest BCUT2D eigenvalue weighted by Gasteiger charge is -2.56. The van der Waals surface area contributed by atoms with Crippen molar-refractivity contribution in [2.45, 2.75) is 70.8 Å². The zero-order valence-corrected chi connectivity index (χ0v) is 15.4. The van der Waals surface area contributed by atoms with Crippen LogP contribution in [0.15, 0.2) is 11.6 Å². The molecule has 6 atom stereocenters. The number of carbonyl (C=O) groups is 2. The first-order valence-corrected chi connectivity index (χ1v) is 9.85. The number of hydrogen-bond donors (Lipinski definition) is 2. The minimum Gasteiger partial charge on any atom is -0.388 e. The molecule has 0 aromatic carbocycles. The number of hydrogen-bond acceptors (Lipinski definition) is 4. The standard InChI is InChI=1S/C21H30O4/c1-19-8-5-14(23)11-13(19)3-4-15-16(19)6-9-20(2)17(15)7-10-21(20,25)18(24)12-22/h6,13,15,17,22,25H,3-5,7-12H2,1-2H3/t13-,15-,17+,19+,20+,21+/m1/s1. The fourth-order valence-corrected chi connectivity index (χ4v) is 6.92. The molecule has 0 aromatic rings. The van der Waals surface area contributed by atoms with E-state index in [1.165, 1.54) is 5.57 Å². The highest BCUT2D eigenvalue weighted by Gasteiger charge is 2.64. The maximum atomic E-state index is 12.3. The largest absolute Gasteiger partial charge is 0.388 e. The third-order valence-corrected chi connectivity index (χ3v) is 8.60. The number of carbonyl (C=O) groups excluding carboxylic acids is 2. The molecule has 0 heterocycles. The van der Waals surface area contributed by atoms with Crippen LogP contribution in [0, 0.1) is 28.6 Å². The Kier molecular flexibility index (Phi) is 3.83. The van der Waals surface area contributed by atoms with E-state index in [-0.39, 0.29) is 5.41 Å². The van der Waals surface area contributed by atoms with Crippen molar-refractivity contribution in [2.75, 3.05) is 6.61 Å². The van der Waals surface area contributed by atoms with Crippen LogP contribution in [0.2, 0.25) is 0 Å². The molecule has 0 spiro atoms. The SMILES string of the molecule is C[C@]12CC=C3[C@@H](CC[C@@H]4CC(=O)CC[C@]34C)[C@@H]1CC[C@]2(O)C(=O)CO. The van der Waals surface area contributed by atoms with Crippen LogP contribution in [0.5, 0.6) is 0 Å². The Morgan fingerprint density at radius 3 is 2.72 bits per heavy atom. The molecule has 0 amide bonds. The van der Waals surface area contributed by atoms with Crippen LogP contribution in [-0.2, 0) is 9.59 Å². The van der Waals surface area contributed by atoms with Gasteiger partial charge in [-0.1, -0.05) is 25.5 Å². The van der Waals surface area contributed by atoms with E-state index in [9.17, 15) is 19.8 Å². The van der Waals surface area contributed by atoms with Crippen LogP contribution < -0.4 is 0 Å². The zero-order chi connectivity index (χ0) is 18.0. The van der Waals surface area contributed by atoms with Gasteiger partial charge in [0.2, 0.25) is 0 Å². The number of allylic oxidation sites excluding steroid dienone is 2. The molecule has 4 aliphatic carbocycles. The molecule has 138 valence electrons. The van der Waals surface area contributed by atoms with Gasteiger partial charge in [0.1, 0.15) is 18.0 Å². The summed E-state index contributed by atoms with van der Waals surface area (Å²) in [4.78, 5) is 24.3. The van der Waals surface area contributed by atoms with E-state index in [1.54, 1.807) is 0 Å². The summed E-state index contributed by atoms with van der Waals surface area (Å²) < 4.78 is 0. The number of aliphatic hydroxyl groups is 2. The van der Waals surface area contributed by atoms with Gasteiger partial charge in [-0.25, -0.2) is 0 Å². The third-order valence-electron chi connectivity index (χ3n) is 8.60. The summed E-state index contributed by atoms with van der Waals surface area (Å²) in [5, 5.41) is 20.5. The number of aliphatic hydroxyl groups excluding tert-OH is 1. The van der Waals surface area contributed by atoms with E-state index in [1.807, 2.05) is 6.92 Å². The predicted molar refractivity (Wildman–Crippen MR) is 93.8 cm³/mol. The average molecular weight is 346 g/mol. The first kappa shape index (κ1) is 17.4. The molecule has 25 heavy (non-hydrogen) atoms. The summed E-state index contributed by atoms with van der Waals surface area (Å²) in [7, 11) is 0. The summed E-state index contributed by atoms with van der Waals surface area (Å²) in [6, 6.07) is 0. The first-order valence-electron chi connectivity index (χ1n) is 9.85. The smallest absolute Gasteiger partial charge is 0.190 e. The molecule has 0 aromatic heterocycles. The van der Waals surface area contributed by atoms with Crippen molar-refractivity contribution in [3.63, 3.8) is 0 Å². The Morgan fingerprint density at radius 1 is 1.24 bits per heavy atom. The molecule has 0 unspecified atom stereocenters. The first-order chi connectivity index (χ1) is 11.8. The van der Waals surface area contributed by atoms with Crippen LogP contribution in [-0.4, -0.2) is 34.0 Å². The third kappa shape index (κ3) is 2.13. The van der Waals surface area contributed by atoms with Crippen molar-refractivity contribution >= 4 is 11.6 Å². The summed E-state index contributed by atoms with van der Waals surface area (Å²) in [5.74, 6) is 1.15. The lowest BCUT2D eigenvalue weighted by molar-refractivity contribution is -0.156. The predicted octanol–water partition coefficient (Wildman–Crippen LogP) is 2.81. The highest BCUT2D eigenvalue weighted by Crippen LogP contribution is 2.66. The van der Waals surface area contributed by atoms with Gasteiger partial charge in [-0.15, -0.1) is 0 Å². The maximum Gasteiger partial charge on any atom is 0.190 e. The average Bonchev–Trinajstić information content (AvgIpc) is 2.87. The van der Waals surface area contributed by atoms with Gasteiger partial charge in [0, 0.05) is 18.3 Å². The van der Waals surface area contributed by atoms with Gasteiger partial charge in [-0.3, -0.25) is 9.59 Å². The second-order valence-corrected chi connectivity index (χ2v) is 9.41. The van der Waals surface area contributed by atoms with E-state index in [0.717, 1.165) is 32.1 Å². The Balaban J connectivity index is 1.71. The molecule has 0 radical (unpaired) electrons. The van der Waals surface area contributed by atoms with Gasteiger partial charge in [0.25, 0.3) is 0 Å². The topological polar surface area (TPSA) is 74.6 Å². The van der Waals surface area contributed by atoms with E-state index in [0.29, 0.717) is 42.8 Å². The molecular weight excluding hydrogens is 316 g/mol. The van der Waals surface area contributed by atoms with Crippen LogP contribution in [0.3, 0.4) is 0 Å². The Hall–Kier alpha value is -1.00. The molecule has 4 heteroatoms. The molecule has 3 saturated carbocycles. The molecule has 3 fully saturated rings. The van der Waals surface area contributed by atoms with Gasteiger partial charge in [-0.05, 0) is 61.7 Å². The van der Waals surface area contributed by atoms with E-state index < -0.39 is 23.4 Å². The minimum absolute atomic E-state index is 0.111. The van der Waals surface area contributed by atoms with Gasteiger partial charge >= 0.3 is 0 Å². The van der Waals surface area contributed by atoms with Crippen molar-refractivity contribution in [3.05, 3.63) is 11.6 Å². The van der Waals surface area contributed by atoms with Crippen LogP contribution in [0.1, 0.15) is 65.2 Å². The molecule has 0 aliphatic heterocycles. The van der Waals surface area contributed by atoms with Gasteiger partial charge < -0.3 is 10.2 Å². The Labute approximate surface area is 149 Å². The highest BCUT2D eigenvalue weighted by molar-refractivity contribution is 5.89. The summed E-state index contributed by atoms with van der Waals surface area (Å²) >= 11 is 0. The Bertz CT molecular complexity index is 652. The lowest BCUT2D eigenvalue weighted by Crippen LogP contribution is -2.56. The number of Topliss-reactive ketones (excluding diaryl/α,β-unsaturated/α-hetero) is 2. The molecule has 4 rings (SSSR count). The fourth-order valence-electron chi connectivity index (χ4n) is 6.92. The molecule has 4 aliphatic rings. The van der Waals surface area contributed by atoms with Crippen LogP contribution in [0.25, 0.3) is 0 Å². The number of ketones is 2. The van der Waals surface area contributed by atoms with Crippen molar-refractivity contribution < 1.29 is 19.8 Å². The molecule has 2 N–H and O–H groups in total. The molecule has 4 nitrogen and oxygen atoms in total. The Morgan fingerprint density at radius 2 is 2.00 bits per heavy atom. The van der Waals surface area contributed by atoms with E-state index in [4.69, 9.17) is 0 Å². The summed E-state index contributed by atoms with van der Waals surface area (Å²) in [6.07, 6.45) is 8.78. The quantitative estimate of drug-likeness (QED) is 0.754. The number of fused-ring (bicyclic) bond motifs is 5. The van der Waals surface area contributed by atoms with Crippen LogP contribution in [0.4, 0.5) is 0 Å². The molecular formula is C21H30O4. The molecule has 0 saturated heterocycles. The van der Waals surface area contributed by atoms with E-state index in [2.05, 4.69) is 13.0 Å². The van der Waals surface area contributed by atoms with Gasteiger partial charge in [0.05, 0.1) is 0 Å². The van der Waals surface area contributed by atoms with Crippen molar-refractivity contribution in [1.82, 2.24) is 0 Å². The van der Waals surface area contributed by atoms with Gasteiger partial charge in [-0.2, -0.15) is 0 Å². The highest BCUT2D eigenvalue weighted by atomic mass is 16.3. The monoisotopic (exact) mass is 346 g/mol. The summed E-state index contributed by atoms with van der Waals surface area (Å²) in [6.45, 7) is 3.80. The number of rotatable bonds is 2. The minimum atomic E-state index is -1.39. The lowest BCUT2D eigenvalue weighted by atomic mass is 9.48. The molecule has 0 bridgehead atoms. The van der Waals surface area contributed by atoms with Crippen LogP contribution >= 0.6 is 0 Å². The van der Waals surface area contributed by atoms with Crippen molar-refractivity contribution in [2.24, 2.45) is 28.6 Å². The van der Waals surface area contributed by atoms with Crippen molar-refractivity contribution in [3.8, 4) is 0 Å². The van der Waals surface area contributed by atoms with Gasteiger partial charge in [0.15, 0.2) is 5.78 Å². The second kappa shape index (κ2) is 5.50. The normalized spacial score (nSPS) is 49.0. The zero-order valence-electron chi connectivity index (χ0n) is 15.4.